The van der Waals surface area contributed by atoms with Crippen molar-refractivity contribution < 1.29 is 9.22 Å². The van der Waals surface area contributed by atoms with Gasteiger partial charge in [0.15, 0.2) is 0 Å². The van der Waals surface area contributed by atoms with Gasteiger partial charge in [-0.05, 0) is 44.5 Å². The fourth-order valence-corrected chi connectivity index (χ4v) is 4.69. The second-order valence-corrected chi connectivity index (χ2v) is 8.39. The predicted molar refractivity (Wildman–Crippen MR) is 120 cm³/mol. The van der Waals surface area contributed by atoms with Crippen LogP contribution in [0.25, 0.3) is 0 Å². The van der Waals surface area contributed by atoms with Gasteiger partial charge in [0.25, 0.3) is 0 Å². The number of ether oxygens (including phenoxy) is 1. The molecule has 0 aromatic heterocycles. The normalized spacial score (nSPS) is 24.1. The van der Waals surface area contributed by atoms with E-state index in [1.807, 2.05) is 24.3 Å². The minimum Gasteiger partial charge on any atom is -0.495 e. The average Bonchev–Trinajstić information content (AvgIpc) is 3.06. The highest BCUT2D eigenvalue weighted by Gasteiger charge is 2.36. The maximum atomic E-state index is 6.29. The third-order valence-electron chi connectivity index (χ3n) is 5.93. The van der Waals surface area contributed by atoms with Gasteiger partial charge in [-0.1, -0.05) is 23.7 Å². The standard InChI is InChI=1S/C23H30ClN4O/c1-19-17-28(18-20(24)9-10-23(28)25-19)16-6-5-11-26-12-14-27(15-13-26)21-7-3-4-8-22(21)29-2/h3-4,7-10,17-18H,5-6,11-16H2,1-2H3/q+1. The molecule has 0 amide bonds. The van der Waals surface area contributed by atoms with E-state index in [1.165, 1.54) is 12.1 Å². The molecular weight excluding hydrogens is 384 g/mol. The second-order valence-electron chi connectivity index (χ2n) is 7.95. The largest absolute Gasteiger partial charge is 0.495 e. The first-order valence-electron chi connectivity index (χ1n) is 10.4. The maximum Gasteiger partial charge on any atom is 0.237 e. The number of fused-ring (bicyclic) bond motifs is 1. The first kappa shape index (κ1) is 20.2. The molecule has 3 heterocycles. The monoisotopic (exact) mass is 413 g/mol. The summed E-state index contributed by atoms with van der Waals surface area (Å²) < 4.78 is 6.19. The summed E-state index contributed by atoms with van der Waals surface area (Å²) in [4.78, 5) is 9.68. The number of allylic oxidation sites excluding steroid dienone is 3. The van der Waals surface area contributed by atoms with Crippen LogP contribution in [-0.2, 0) is 0 Å². The van der Waals surface area contributed by atoms with Gasteiger partial charge in [0.2, 0.25) is 5.84 Å². The van der Waals surface area contributed by atoms with Crippen molar-refractivity contribution in [2.45, 2.75) is 19.8 Å². The van der Waals surface area contributed by atoms with E-state index in [1.54, 1.807) is 7.11 Å². The van der Waals surface area contributed by atoms with E-state index < -0.39 is 0 Å². The van der Waals surface area contributed by atoms with Crippen molar-refractivity contribution in [2.75, 3.05) is 51.3 Å². The summed E-state index contributed by atoms with van der Waals surface area (Å²) >= 11 is 6.29. The fraction of sp³-hybridized carbons (Fsp3) is 0.435. The zero-order chi connectivity index (χ0) is 20.3. The number of halogens is 1. The van der Waals surface area contributed by atoms with Crippen LogP contribution in [0.5, 0.6) is 5.75 Å². The number of aliphatic imine (C=N–C) groups is 1. The van der Waals surface area contributed by atoms with E-state index in [0.29, 0.717) is 4.48 Å². The number of quaternary nitrogens is 1. The third kappa shape index (κ3) is 4.42. The quantitative estimate of drug-likeness (QED) is 0.491. The molecule has 0 saturated carbocycles. The van der Waals surface area contributed by atoms with Crippen molar-refractivity contribution in [1.82, 2.24) is 4.90 Å². The van der Waals surface area contributed by atoms with E-state index in [4.69, 9.17) is 16.3 Å². The Morgan fingerprint density at radius 3 is 2.66 bits per heavy atom. The number of amidine groups is 1. The molecule has 3 aliphatic rings. The summed E-state index contributed by atoms with van der Waals surface area (Å²) in [7, 11) is 1.74. The van der Waals surface area contributed by atoms with E-state index in [-0.39, 0.29) is 0 Å². The molecule has 1 aromatic rings. The Kier molecular flexibility index (Phi) is 6.09. The lowest BCUT2D eigenvalue weighted by atomic mass is 10.2. The number of nitrogens with zero attached hydrogens (tertiary/aromatic N) is 4. The number of methoxy groups -OCH3 is 1. The van der Waals surface area contributed by atoms with Gasteiger partial charge in [-0.2, -0.15) is 4.99 Å². The molecule has 1 fully saturated rings. The smallest absolute Gasteiger partial charge is 0.237 e. The van der Waals surface area contributed by atoms with Crippen LogP contribution >= 0.6 is 11.6 Å². The lowest BCUT2D eigenvalue weighted by Crippen LogP contribution is -2.47. The van der Waals surface area contributed by atoms with E-state index >= 15 is 0 Å². The Hall–Kier alpha value is -2.08. The van der Waals surface area contributed by atoms with Crippen LogP contribution < -0.4 is 9.64 Å². The molecule has 0 N–H and O–H groups in total. The van der Waals surface area contributed by atoms with Crippen LogP contribution in [0.15, 0.2) is 64.5 Å². The lowest BCUT2D eigenvalue weighted by molar-refractivity contribution is -0.729. The third-order valence-corrected chi connectivity index (χ3v) is 6.15. The van der Waals surface area contributed by atoms with Crippen molar-refractivity contribution in [3.63, 3.8) is 0 Å². The van der Waals surface area contributed by atoms with Gasteiger partial charge in [0.05, 0.1) is 30.1 Å². The van der Waals surface area contributed by atoms with Crippen LogP contribution in [0.3, 0.4) is 0 Å². The molecule has 4 rings (SSSR count). The number of piperazine rings is 1. The molecule has 154 valence electrons. The van der Waals surface area contributed by atoms with Crippen molar-refractivity contribution in [1.29, 1.82) is 0 Å². The van der Waals surface area contributed by atoms with Gasteiger partial charge in [0.1, 0.15) is 18.1 Å². The molecule has 0 radical (unpaired) electrons. The van der Waals surface area contributed by atoms with Crippen molar-refractivity contribution >= 4 is 23.1 Å². The van der Waals surface area contributed by atoms with Crippen molar-refractivity contribution in [2.24, 2.45) is 4.99 Å². The SMILES string of the molecule is COc1ccccc1N1CCN(CCCC[N+]23C=C(Cl)C=CC2=NC(C)=C3)CC1. The zero-order valence-corrected chi connectivity index (χ0v) is 18.1. The Morgan fingerprint density at radius 2 is 1.86 bits per heavy atom. The first-order chi connectivity index (χ1) is 14.1. The number of hydrogen-bond donors (Lipinski definition) is 0. The van der Waals surface area contributed by atoms with Gasteiger partial charge >= 0.3 is 0 Å². The second kappa shape index (κ2) is 8.74. The number of benzene rings is 1. The fourth-order valence-electron chi connectivity index (χ4n) is 4.45. The Bertz CT molecular complexity index is 867. The Labute approximate surface area is 178 Å². The number of anilines is 1. The van der Waals surface area contributed by atoms with Crippen LogP contribution in [0, 0.1) is 0 Å². The molecule has 5 nitrogen and oxygen atoms in total. The highest BCUT2D eigenvalue weighted by Crippen LogP contribution is 2.30. The lowest BCUT2D eigenvalue weighted by Gasteiger charge is -2.36. The molecule has 0 bridgehead atoms. The average molecular weight is 414 g/mol. The van der Waals surface area contributed by atoms with Gasteiger partial charge in [0, 0.05) is 32.3 Å². The molecule has 0 spiro atoms. The summed E-state index contributed by atoms with van der Waals surface area (Å²) in [6.45, 7) is 8.49. The summed E-state index contributed by atoms with van der Waals surface area (Å²) in [5.74, 6) is 2.04. The zero-order valence-electron chi connectivity index (χ0n) is 17.4. The van der Waals surface area contributed by atoms with Crippen LogP contribution in [0.1, 0.15) is 19.8 Å². The van der Waals surface area contributed by atoms with E-state index in [2.05, 4.69) is 46.2 Å². The van der Waals surface area contributed by atoms with Gasteiger partial charge in [-0.25, -0.2) is 4.48 Å². The molecule has 1 atom stereocenters. The molecule has 1 unspecified atom stereocenters. The molecule has 1 aromatic carbocycles. The summed E-state index contributed by atoms with van der Waals surface area (Å²) in [5, 5.41) is 0.794. The van der Waals surface area contributed by atoms with Crippen LogP contribution in [0.2, 0.25) is 0 Å². The van der Waals surface area contributed by atoms with E-state index in [9.17, 15) is 0 Å². The highest BCUT2D eigenvalue weighted by atomic mass is 35.5. The number of rotatable bonds is 7. The van der Waals surface area contributed by atoms with Crippen LogP contribution in [0.4, 0.5) is 5.69 Å². The maximum absolute atomic E-state index is 6.29. The number of hydrogen-bond acceptors (Lipinski definition) is 4. The van der Waals surface area contributed by atoms with Gasteiger partial charge in [-0.3, -0.25) is 4.90 Å². The predicted octanol–water partition coefficient (Wildman–Crippen LogP) is 4.34. The molecular formula is C23H30ClN4O+. The van der Waals surface area contributed by atoms with Crippen LogP contribution in [-0.4, -0.2) is 61.6 Å². The summed E-state index contributed by atoms with van der Waals surface area (Å²) in [6, 6.07) is 8.30. The van der Waals surface area contributed by atoms with Gasteiger partial charge < -0.3 is 9.64 Å². The summed E-state index contributed by atoms with van der Waals surface area (Å²) in [5.41, 5.74) is 2.27. The first-order valence-corrected chi connectivity index (χ1v) is 10.8. The molecule has 3 aliphatic heterocycles. The van der Waals surface area contributed by atoms with Crippen molar-refractivity contribution in [3.05, 3.63) is 59.5 Å². The molecule has 6 heteroatoms. The topological polar surface area (TPSA) is 28.1 Å². The van der Waals surface area contributed by atoms with E-state index in [0.717, 1.165) is 68.0 Å². The van der Waals surface area contributed by atoms with Crippen molar-refractivity contribution in [3.8, 4) is 5.75 Å². The Balaban J connectivity index is 1.25. The number of unbranched alkanes of at least 4 members (excludes halogenated alkanes) is 1. The summed E-state index contributed by atoms with van der Waals surface area (Å²) in [6.07, 6.45) is 10.6. The van der Waals surface area contributed by atoms with Gasteiger partial charge in [-0.15, -0.1) is 0 Å². The Morgan fingerprint density at radius 1 is 1.07 bits per heavy atom. The minimum atomic E-state index is 0.669. The number of para-hydroxylation sites is 2. The molecule has 29 heavy (non-hydrogen) atoms. The highest BCUT2D eigenvalue weighted by molar-refractivity contribution is 6.31. The molecule has 0 aliphatic carbocycles. The molecule has 1 saturated heterocycles. The minimum absolute atomic E-state index is 0.669.